The monoisotopic (exact) mass is 420 g/mol. The topological polar surface area (TPSA) is 32.8 Å². The van der Waals surface area contributed by atoms with Crippen LogP contribution in [0, 0.1) is 5.92 Å². The molecule has 0 amide bonds. The van der Waals surface area contributed by atoms with E-state index in [-0.39, 0.29) is 12.4 Å². The Kier molecular flexibility index (Phi) is 8.40. The molecule has 1 saturated heterocycles. The molecule has 4 nitrogen and oxygen atoms in total. The van der Waals surface area contributed by atoms with Gasteiger partial charge in [-0.2, -0.15) is 0 Å². The van der Waals surface area contributed by atoms with Crippen molar-refractivity contribution >= 4 is 29.9 Å². The van der Waals surface area contributed by atoms with E-state index in [1.807, 2.05) is 0 Å². The molecule has 2 aromatic rings. The van der Waals surface area contributed by atoms with E-state index >= 15 is 0 Å². The van der Waals surface area contributed by atoms with Gasteiger partial charge in [-0.15, -0.1) is 12.4 Å². The zero-order valence-electron chi connectivity index (χ0n) is 16.2. The van der Waals surface area contributed by atoms with Gasteiger partial charge in [0.05, 0.1) is 6.54 Å². The number of piperidine rings is 1. The first-order valence-electron chi connectivity index (χ1n) is 9.21. The fourth-order valence-corrected chi connectivity index (χ4v) is 3.51. The van der Waals surface area contributed by atoms with Crippen LogP contribution in [0.25, 0.3) is 0 Å². The van der Waals surface area contributed by atoms with E-state index in [4.69, 9.17) is 16.4 Å². The SMILES string of the molecule is CN(C)Cc1ccc(CC2CCN(Oc3ccc(Cl)cc3)C(=C=O)C2)cc1.Cl. The van der Waals surface area contributed by atoms with Crippen molar-refractivity contribution in [2.75, 3.05) is 20.6 Å². The quantitative estimate of drug-likeness (QED) is 0.628. The first kappa shape index (κ1) is 22.3. The average Bonchev–Trinajstić information content (AvgIpc) is 2.66. The van der Waals surface area contributed by atoms with E-state index in [9.17, 15) is 4.79 Å². The molecular weight excluding hydrogens is 395 g/mol. The molecule has 0 aromatic heterocycles. The number of rotatable bonds is 6. The van der Waals surface area contributed by atoms with Crippen LogP contribution in [0.2, 0.25) is 5.02 Å². The van der Waals surface area contributed by atoms with Crippen LogP contribution in [-0.4, -0.2) is 36.5 Å². The Morgan fingerprint density at radius 2 is 1.75 bits per heavy atom. The molecule has 3 rings (SSSR count). The molecule has 1 fully saturated rings. The van der Waals surface area contributed by atoms with Gasteiger partial charge in [-0.3, -0.25) is 0 Å². The second-order valence-corrected chi connectivity index (χ2v) is 7.75. The van der Waals surface area contributed by atoms with Crippen LogP contribution in [0.3, 0.4) is 0 Å². The summed E-state index contributed by atoms with van der Waals surface area (Å²) in [5, 5.41) is 2.32. The molecule has 0 bridgehead atoms. The molecule has 28 heavy (non-hydrogen) atoms. The summed E-state index contributed by atoms with van der Waals surface area (Å²) in [6.45, 7) is 1.62. The van der Waals surface area contributed by atoms with Crippen molar-refractivity contribution in [1.29, 1.82) is 0 Å². The van der Waals surface area contributed by atoms with E-state index in [1.54, 1.807) is 29.3 Å². The molecule has 0 aliphatic carbocycles. The van der Waals surface area contributed by atoms with Gasteiger partial charge in [-0.25, -0.2) is 9.86 Å². The summed E-state index contributed by atoms with van der Waals surface area (Å²) in [5.74, 6) is 3.16. The maximum Gasteiger partial charge on any atom is 0.155 e. The Morgan fingerprint density at radius 1 is 1.11 bits per heavy atom. The van der Waals surface area contributed by atoms with Gasteiger partial charge in [0.2, 0.25) is 0 Å². The lowest BCUT2D eigenvalue weighted by Crippen LogP contribution is -2.35. The van der Waals surface area contributed by atoms with Gasteiger partial charge >= 0.3 is 0 Å². The third kappa shape index (κ3) is 6.29. The zero-order chi connectivity index (χ0) is 19.2. The summed E-state index contributed by atoms with van der Waals surface area (Å²) in [6.07, 6.45) is 2.61. The van der Waals surface area contributed by atoms with Crippen molar-refractivity contribution in [2.24, 2.45) is 5.92 Å². The molecule has 1 heterocycles. The maximum absolute atomic E-state index is 11.5. The molecule has 0 N–H and O–H groups in total. The third-order valence-corrected chi connectivity index (χ3v) is 4.97. The van der Waals surface area contributed by atoms with Crippen LogP contribution in [0.15, 0.2) is 54.2 Å². The molecular formula is C22H26Cl2N2O2. The first-order valence-corrected chi connectivity index (χ1v) is 9.59. The molecule has 6 heteroatoms. The normalized spacial score (nSPS) is 16.5. The average molecular weight is 421 g/mol. The summed E-state index contributed by atoms with van der Waals surface area (Å²) in [4.78, 5) is 19.4. The summed E-state index contributed by atoms with van der Waals surface area (Å²) in [5.41, 5.74) is 3.19. The van der Waals surface area contributed by atoms with E-state index in [0.29, 0.717) is 35.4 Å². The molecule has 1 unspecified atom stereocenters. The second kappa shape index (κ2) is 10.5. The maximum atomic E-state index is 11.5. The van der Waals surface area contributed by atoms with Crippen molar-refractivity contribution in [3.8, 4) is 5.75 Å². The number of nitrogens with zero attached hydrogens (tertiary/aromatic N) is 2. The number of benzene rings is 2. The molecule has 0 spiro atoms. The predicted octanol–water partition coefficient (Wildman–Crippen LogP) is 4.79. The molecule has 1 aliphatic rings. The number of carbonyl (C=O) groups excluding carboxylic acids is 1. The van der Waals surface area contributed by atoms with Crippen molar-refractivity contribution in [3.05, 3.63) is 70.4 Å². The van der Waals surface area contributed by atoms with Crippen molar-refractivity contribution < 1.29 is 9.63 Å². The Labute approximate surface area is 178 Å². The van der Waals surface area contributed by atoms with E-state index in [2.05, 4.69) is 49.2 Å². The van der Waals surface area contributed by atoms with Crippen molar-refractivity contribution in [3.63, 3.8) is 0 Å². The van der Waals surface area contributed by atoms with Crippen LogP contribution in [-0.2, 0) is 17.8 Å². The minimum atomic E-state index is 0. The lowest BCUT2D eigenvalue weighted by molar-refractivity contribution is -0.0439. The molecule has 1 aliphatic heterocycles. The van der Waals surface area contributed by atoms with Crippen LogP contribution < -0.4 is 4.84 Å². The fourth-order valence-electron chi connectivity index (χ4n) is 3.38. The summed E-state index contributed by atoms with van der Waals surface area (Å²) in [6, 6.07) is 15.9. The van der Waals surface area contributed by atoms with Gasteiger partial charge in [-0.05, 0) is 68.2 Å². The number of hydroxylamine groups is 2. The van der Waals surface area contributed by atoms with Crippen LogP contribution in [0.5, 0.6) is 5.75 Å². The number of allylic oxidation sites excluding steroid dienone is 1. The van der Waals surface area contributed by atoms with Gasteiger partial charge < -0.3 is 9.74 Å². The third-order valence-electron chi connectivity index (χ3n) is 4.72. The molecule has 0 radical (unpaired) electrons. The second-order valence-electron chi connectivity index (χ2n) is 7.31. The lowest BCUT2D eigenvalue weighted by Gasteiger charge is -2.33. The number of halogens is 2. The van der Waals surface area contributed by atoms with Gasteiger partial charge in [0.25, 0.3) is 0 Å². The summed E-state index contributed by atoms with van der Waals surface area (Å²) in [7, 11) is 4.14. The van der Waals surface area contributed by atoms with Gasteiger partial charge in [0.1, 0.15) is 11.6 Å². The Hall–Kier alpha value is -1.97. The highest BCUT2D eigenvalue weighted by Crippen LogP contribution is 2.29. The van der Waals surface area contributed by atoms with Crippen LogP contribution in [0.4, 0.5) is 0 Å². The molecule has 0 saturated carbocycles. The van der Waals surface area contributed by atoms with Crippen LogP contribution >= 0.6 is 24.0 Å². The predicted molar refractivity (Wildman–Crippen MR) is 116 cm³/mol. The zero-order valence-corrected chi connectivity index (χ0v) is 17.8. The van der Waals surface area contributed by atoms with Crippen LogP contribution in [0.1, 0.15) is 24.0 Å². The van der Waals surface area contributed by atoms with Gasteiger partial charge in [-0.1, -0.05) is 35.9 Å². The first-order chi connectivity index (χ1) is 13.0. The highest BCUT2D eigenvalue weighted by molar-refractivity contribution is 6.30. The summed E-state index contributed by atoms with van der Waals surface area (Å²) >= 11 is 5.90. The van der Waals surface area contributed by atoms with Crippen molar-refractivity contribution in [2.45, 2.75) is 25.8 Å². The highest BCUT2D eigenvalue weighted by Gasteiger charge is 2.25. The van der Waals surface area contributed by atoms with E-state index in [1.165, 1.54) is 11.1 Å². The lowest BCUT2D eigenvalue weighted by atomic mass is 9.89. The Morgan fingerprint density at radius 3 is 2.36 bits per heavy atom. The van der Waals surface area contributed by atoms with E-state index < -0.39 is 0 Å². The van der Waals surface area contributed by atoms with Gasteiger partial charge in [0, 0.05) is 18.0 Å². The Bertz CT molecular complexity index is 800. The molecule has 150 valence electrons. The highest BCUT2D eigenvalue weighted by atomic mass is 35.5. The van der Waals surface area contributed by atoms with E-state index in [0.717, 1.165) is 19.4 Å². The largest absolute Gasteiger partial charge is 0.379 e. The van der Waals surface area contributed by atoms with Gasteiger partial charge in [0.15, 0.2) is 5.75 Å². The molecule has 2 aromatic carbocycles. The molecule has 1 atom stereocenters. The summed E-state index contributed by atoms with van der Waals surface area (Å²) < 4.78 is 0. The smallest absolute Gasteiger partial charge is 0.155 e. The fraction of sp³-hybridized carbons (Fsp3) is 0.364. The minimum Gasteiger partial charge on any atom is -0.379 e. The number of hydrogen-bond acceptors (Lipinski definition) is 4. The standard InChI is InChI=1S/C22H25ClN2O2.ClH/c1-24(2)15-18-5-3-17(4-6-18)13-19-11-12-25(21(14-19)16-26)27-22-9-7-20(23)8-10-22;/h3-10,19H,11-15H2,1-2H3;1H. The van der Waals surface area contributed by atoms with Crippen molar-refractivity contribution in [1.82, 2.24) is 9.96 Å². The number of hydrogen-bond donors (Lipinski definition) is 0. The minimum absolute atomic E-state index is 0. The Balaban J connectivity index is 0.00000280.